The van der Waals surface area contributed by atoms with Gasteiger partial charge in [-0.05, 0) is 30.3 Å². The Morgan fingerprint density at radius 1 is 1.14 bits per heavy atom. The molecule has 0 atom stereocenters. The van der Waals surface area contributed by atoms with Gasteiger partial charge in [-0.3, -0.25) is 0 Å². The molecule has 112 valence electrons. The van der Waals surface area contributed by atoms with Crippen LogP contribution >= 0.6 is 23.2 Å². The van der Waals surface area contributed by atoms with Crippen molar-refractivity contribution in [3.63, 3.8) is 0 Å². The van der Waals surface area contributed by atoms with Crippen LogP contribution in [0, 0.1) is 0 Å². The minimum absolute atomic E-state index is 0.0359. The molecule has 0 saturated heterocycles. The Morgan fingerprint density at radius 3 is 2.48 bits per heavy atom. The zero-order valence-electron chi connectivity index (χ0n) is 10.7. The number of halogens is 2. The Hall–Kier alpha value is -1.47. The van der Waals surface area contributed by atoms with Gasteiger partial charge in [-0.15, -0.1) is 0 Å². The van der Waals surface area contributed by atoms with Gasteiger partial charge in [-0.25, -0.2) is 13.6 Å². The quantitative estimate of drug-likeness (QED) is 0.793. The summed E-state index contributed by atoms with van der Waals surface area (Å²) < 4.78 is 22.6. The van der Waals surface area contributed by atoms with Gasteiger partial charge in [0, 0.05) is 17.1 Å². The highest BCUT2D eigenvalue weighted by Crippen LogP contribution is 2.29. The molecule has 21 heavy (non-hydrogen) atoms. The van der Waals surface area contributed by atoms with Crippen LogP contribution in [0.15, 0.2) is 41.3 Å². The Bertz CT molecular complexity index is 759. The van der Waals surface area contributed by atoms with Crippen LogP contribution in [0.3, 0.4) is 0 Å². The Balaban J connectivity index is 2.28. The summed E-state index contributed by atoms with van der Waals surface area (Å²) in [4.78, 5) is -0.0576. The number of aromatic hydroxyl groups is 1. The molecule has 0 unspecified atom stereocenters. The van der Waals surface area contributed by atoms with E-state index in [9.17, 15) is 13.5 Å². The third-order valence-electron chi connectivity index (χ3n) is 2.82. The molecule has 8 heteroatoms. The van der Waals surface area contributed by atoms with Gasteiger partial charge < -0.3 is 10.4 Å². The summed E-state index contributed by atoms with van der Waals surface area (Å²) in [6.07, 6.45) is 0. The highest BCUT2D eigenvalue weighted by molar-refractivity contribution is 7.89. The first-order valence-corrected chi connectivity index (χ1v) is 8.12. The van der Waals surface area contributed by atoms with Crippen LogP contribution in [-0.2, 0) is 16.6 Å². The fourth-order valence-electron chi connectivity index (χ4n) is 1.72. The number of hydrogen-bond acceptors (Lipinski definition) is 4. The van der Waals surface area contributed by atoms with Gasteiger partial charge in [0.15, 0.2) is 0 Å². The number of anilines is 1. The Morgan fingerprint density at radius 2 is 1.86 bits per heavy atom. The molecule has 0 aliphatic heterocycles. The average Bonchev–Trinajstić information content (AvgIpc) is 2.38. The largest absolute Gasteiger partial charge is 0.508 e. The van der Waals surface area contributed by atoms with Crippen molar-refractivity contribution < 1.29 is 13.5 Å². The first-order chi connectivity index (χ1) is 9.79. The topological polar surface area (TPSA) is 92.4 Å². The van der Waals surface area contributed by atoms with Gasteiger partial charge in [-0.2, -0.15) is 0 Å². The van der Waals surface area contributed by atoms with Gasteiger partial charge in [0.25, 0.3) is 0 Å². The molecule has 0 saturated carbocycles. The lowest BCUT2D eigenvalue weighted by Crippen LogP contribution is -2.12. The van der Waals surface area contributed by atoms with E-state index in [-0.39, 0.29) is 17.2 Å². The summed E-state index contributed by atoms with van der Waals surface area (Å²) in [6.45, 7) is 0.180. The minimum atomic E-state index is -3.82. The highest BCUT2D eigenvalue weighted by atomic mass is 35.5. The number of hydrogen-bond donors (Lipinski definition) is 3. The molecular formula is C13H12Cl2N2O3S. The molecule has 0 heterocycles. The summed E-state index contributed by atoms with van der Waals surface area (Å²) in [6, 6.07) is 8.83. The molecule has 0 fully saturated rings. The van der Waals surface area contributed by atoms with Crippen molar-refractivity contribution in [3.05, 3.63) is 52.0 Å². The van der Waals surface area contributed by atoms with Gasteiger partial charge in [0.1, 0.15) is 5.75 Å². The molecule has 0 aromatic heterocycles. The third-order valence-corrected chi connectivity index (χ3v) is 4.41. The highest BCUT2D eigenvalue weighted by Gasteiger charge is 2.12. The molecule has 0 amide bonds. The maximum absolute atomic E-state index is 11.3. The van der Waals surface area contributed by atoms with E-state index in [0.717, 1.165) is 0 Å². The predicted molar refractivity (Wildman–Crippen MR) is 83.3 cm³/mol. The first kappa shape index (κ1) is 15.9. The van der Waals surface area contributed by atoms with Gasteiger partial charge in [0.05, 0.1) is 15.6 Å². The zero-order valence-corrected chi connectivity index (χ0v) is 13.0. The molecule has 0 aliphatic rings. The third kappa shape index (κ3) is 3.79. The molecule has 2 rings (SSSR count). The van der Waals surface area contributed by atoms with E-state index in [0.29, 0.717) is 21.3 Å². The van der Waals surface area contributed by atoms with Crippen molar-refractivity contribution in [1.29, 1.82) is 0 Å². The normalized spacial score (nSPS) is 11.4. The maximum atomic E-state index is 11.3. The zero-order chi connectivity index (χ0) is 15.6. The number of primary sulfonamides is 1. The van der Waals surface area contributed by atoms with Crippen LogP contribution in [0.5, 0.6) is 5.75 Å². The number of nitrogens with two attached hydrogens (primary N) is 1. The van der Waals surface area contributed by atoms with Crippen LogP contribution < -0.4 is 10.5 Å². The van der Waals surface area contributed by atoms with Crippen molar-refractivity contribution in [2.24, 2.45) is 5.14 Å². The lowest BCUT2D eigenvalue weighted by atomic mass is 10.2. The van der Waals surface area contributed by atoms with Gasteiger partial charge >= 0.3 is 0 Å². The number of phenols is 1. The molecule has 0 radical (unpaired) electrons. The number of nitrogens with one attached hydrogen (secondary N) is 1. The predicted octanol–water partition coefficient (Wildman–Crippen LogP) is 2.96. The minimum Gasteiger partial charge on any atom is -0.508 e. The van der Waals surface area contributed by atoms with Gasteiger partial charge in [0.2, 0.25) is 10.0 Å². The van der Waals surface area contributed by atoms with Crippen LogP contribution in [0.1, 0.15) is 5.56 Å². The molecule has 0 aliphatic carbocycles. The second-order valence-corrected chi connectivity index (χ2v) is 6.65. The fraction of sp³-hybridized carbons (Fsp3) is 0.0769. The molecule has 2 aromatic rings. The van der Waals surface area contributed by atoms with E-state index in [4.69, 9.17) is 28.3 Å². The summed E-state index contributed by atoms with van der Waals surface area (Å²) in [7, 11) is -3.82. The molecular weight excluding hydrogens is 335 g/mol. The van der Waals surface area contributed by atoms with Gasteiger partial charge in [-0.1, -0.05) is 29.3 Å². The molecule has 2 aromatic carbocycles. The van der Waals surface area contributed by atoms with E-state index >= 15 is 0 Å². The molecule has 4 N–H and O–H groups in total. The van der Waals surface area contributed by atoms with E-state index < -0.39 is 10.0 Å². The van der Waals surface area contributed by atoms with Crippen molar-refractivity contribution in [1.82, 2.24) is 0 Å². The SMILES string of the molecule is NS(=O)(=O)c1ccc(Cl)c(NCc2c(O)cccc2Cl)c1. The van der Waals surface area contributed by atoms with E-state index in [1.165, 1.54) is 24.3 Å². The number of rotatable bonds is 4. The number of phenolic OH excluding ortho intramolecular Hbond substituents is 1. The lowest BCUT2D eigenvalue weighted by molar-refractivity contribution is 0.469. The lowest BCUT2D eigenvalue weighted by Gasteiger charge is -2.12. The molecule has 0 bridgehead atoms. The van der Waals surface area contributed by atoms with Crippen molar-refractivity contribution >= 4 is 38.9 Å². The Labute approximate surface area is 132 Å². The molecule has 5 nitrogen and oxygen atoms in total. The maximum Gasteiger partial charge on any atom is 0.238 e. The fourth-order valence-corrected chi connectivity index (χ4v) is 2.68. The number of benzene rings is 2. The van der Waals surface area contributed by atoms with Crippen LogP contribution in [0.4, 0.5) is 5.69 Å². The van der Waals surface area contributed by atoms with E-state index in [2.05, 4.69) is 5.32 Å². The molecule has 0 spiro atoms. The number of sulfonamides is 1. The average molecular weight is 347 g/mol. The van der Waals surface area contributed by atoms with Crippen LogP contribution in [0.25, 0.3) is 0 Å². The van der Waals surface area contributed by atoms with E-state index in [1.807, 2.05) is 0 Å². The summed E-state index contributed by atoms with van der Waals surface area (Å²) in [5, 5.41) is 18.5. The summed E-state index contributed by atoms with van der Waals surface area (Å²) in [5.74, 6) is 0.0359. The first-order valence-electron chi connectivity index (χ1n) is 5.81. The van der Waals surface area contributed by atoms with E-state index in [1.54, 1.807) is 12.1 Å². The second kappa shape index (κ2) is 6.11. The monoisotopic (exact) mass is 346 g/mol. The van der Waals surface area contributed by atoms with Crippen molar-refractivity contribution in [2.75, 3.05) is 5.32 Å². The Kier molecular flexibility index (Phi) is 4.63. The van der Waals surface area contributed by atoms with Crippen LogP contribution in [0.2, 0.25) is 10.0 Å². The van der Waals surface area contributed by atoms with Crippen molar-refractivity contribution in [3.8, 4) is 5.75 Å². The smallest absolute Gasteiger partial charge is 0.238 e. The second-order valence-electron chi connectivity index (χ2n) is 4.28. The summed E-state index contributed by atoms with van der Waals surface area (Å²) in [5.41, 5.74) is 0.860. The standard InChI is InChI=1S/C13H12Cl2N2O3S/c14-10-2-1-3-13(18)9(10)7-17-12-6-8(21(16,19)20)4-5-11(12)15/h1-6,17-18H,7H2,(H2,16,19,20). The summed E-state index contributed by atoms with van der Waals surface area (Å²) >= 11 is 12.0. The van der Waals surface area contributed by atoms with Crippen molar-refractivity contribution in [2.45, 2.75) is 11.4 Å². The van der Waals surface area contributed by atoms with Crippen LogP contribution in [-0.4, -0.2) is 13.5 Å².